The lowest BCUT2D eigenvalue weighted by Crippen LogP contribution is -2.39. The van der Waals surface area contributed by atoms with E-state index < -0.39 is 6.04 Å². The molecule has 0 bridgehead atoms. The molecule has 1 saturated carbocycles. The van der Waals surface area contributed by atoms with Gasteiger partial charge in [0.2, 0.25) is 0 Å². The molecule has 4 heteroatoms. The lowest BCUT2D eigenvalue weighted by Gasteiger charge is -2.12. The van der Waals surface area contributed by atoms with E-state index in [0.717, 1.165) is 12.8 Å². The van der Waals surface area contributed by atoms with Crippen molar-refractivity contribution >= 4 is 5.91 Å². The summed E-state index contributed by atoms with van der Waals surface area (Å²) in [6.45, 7) is 1.63. The van der Waals surface area contributed by atoms with Crippen molar-refractivity contribution in [3.63, 3.8) is 0 Å². The van der Waals surface area contributed by atoms with Gasteiger partial charge in [-0.3, -0.25) is 9.63 Å². The summed E-state index contributed by atoms with van der Waals surface area (Å²) >= 11 is 0. The molecule has 0 aromatic heterocycles. The minimum atomic E-state index is -0.494. The Balaban J connectivity index is 2.12. The third-order valence-electron chi connectivity index (χ3n) is 2.04. The van der Waals surface area contributed by atoms with Crippen molar-refractivity contribution in [2.24, 2.45) is 5.73 Å². The Kier molecular flexibility index (Phi) is 3.49. The standard InChI is InChI=1S/C8H16N2O2/c1-6(9)8(11)10-12-7-4-2-3-5-7/h6-7H,2-5,9H2,1H3,(H,10,11). The normalized spacial score (nSPS) is 20.8. The molecule has 0 aromatic rings. The molecule has 1 rings (SSSR count). The van der Waals surface area contributed by atoms with E-state index in [9.17, 15) is 4.79 Å². The number of hydroxylamine groups is 1. The summed E-state index contributed by atoms with van der Waals surface area (Å²) in [4.78, 5) is 16.1. The Labute approximate surface area is 72.4 Å². The lowest BCUT2D eigenvalue weighted by atomic mass is 10.3. The van der Waals surface area contributed by atoms with E-state index in [1.165, 1.54) is 12.8 Å². The summed E-state index contributed by atoms with van der Waals surface area (Å²) in [5.41, 5.74) is 7.69. The second-order valence-corrected chi connectivity index (χ2v) is 3.28. The van der Waals surface area contributed by atoms with Gasteiger partial charge in [-0.1, -0.05) is 12.8 Å². The second-order valence-electron chi connectivity index (χ2n) is 3.28. The molecular formula is C8H16N2O2. The molecule has 0 radical (unpaired) electrons. The number of hydrogen-bond acceptors (Lipinski definition) is 3. The number of carbonyl (C=O) groups is 1. The van der Waals surface area contributed by atoms with Crippen molar-refractivity contribution in [2.75, 3.05) is 0 Å². The Bertz CT molecular complexity index is 153. The van der Waals surface area contributed by atoms with E-state index in [-0.39, 0.29) is 12.0 Å². The largest absolute Gasteiger partial charge is 0.320 e. The topological polar surface area (TPSA) is 64.4 Å². The molecule has 1 unspecified atom stereocenters. The molecule has 70 valence electrons. The fourth-order valence-corrected chi connectivity index (χ4v) is 1.24. The van der Waals surface area contributed by atoms with Crippen molar-refractivity contribution in [3.05, 3.63) is 0 Å². The molecule has 1 aliphatic rings. The fraction of sp³-hybridized carbons (Fsp3) is 0.875. The van der Waals surface area contributed by atoms with Crippen LogP contribution in [-0.2, 0) is 9.63 Å². The average Bonchev–Trinajstić information content (AvgIpc) is 2.51. The van der Waals surface area contributed by atoms with Gasteiger partial charge < -0.3 is 5.73 Å². The summed E-state index contributed by atoms with van der Waals surface area (Å²) in [7, 11) is 0. The van der Waals surface area contributed by atoms with Crippen molar-refractivity contribution in [1.82, 2.24) is 5.48 Å². The number of carbonyl (C=O) groups excluding carboxylic acids is 1. The molecule has 4 nitrogen and oxygen atoms in total. The molecule has 1 aliphatic carbocycles. The van der Waals surface area contributed by atoms with E-state index in [1.54, 1.807) is 6.92 Å². The maximum Gasteiger partial charge on any atom is 0.260 e. The smallest absolute Gasteiger partial charge is 0.260 e. The monoisotopic (exact) mass is 172 g/mol. The van der Waals surface area contributed by atoms with Gasteiger partial charge in [-0.05, 0) is 19.8 Å². The molecular weight excluding hydrogens is 156 g/mol. The summed E-state index contributed by atoms with van der Waals surface area (Å²) in [6, 6.07) is -0.494. The number of nitrogens with two attached hydrogens (primary N) is 1. The first-order chi connectivity index (χ1) is 5.70. The third kappa shape index (κ3) is 2.79. The average molecular weight is 172 g/mol. The number of amides is 1. The Hall–Kier alpha value is -0.610. The zero-order valence-corrected chi connectivity index (χ0v) is 7.38. The van der Waals surface area contributed by atoms with Gasteiger partial charge in [-0.15, -0.1) is 0 Å². The first-order valence-corrected chi connectivity index (χ1v) is 4.41. The van der Waals surface area contributed by atoms with Crippen LogP contribution in [0.3, 0.4) is 0 Å². The van der Waals surface area contributed by atoms with E-state index in [4.69, 9.17) is 10.6 Å². The van der Waals surface area contributed by atoms with Crippen LogP contribution in [0.5, 0.6) is 0 Å². The van der Waals surface area contributed by atoms with Crippen LogP contribution in [0.1, 0.15) is 32.6 Å². The zero-order valence-electron chi connectivity index (χ0n) is 7.38. The van der Waals surface area contributed by atoms with Gasteiger partial charge in [-0.2, -0.15) is 0 Å². The molecule has 1 amide bonds. The van der Waals surface area contributed by atoms with Gasteiger partial charge in [0.25, 0.3) is 5.91 Å². The van der Waals surface area contributed by atoms with Gasteiger partial charge in [0, 0.05) is 0 Å². The number of nitrogens with one attached hydrogen (secondary N) is 1. The first-order valence-electron chi connectivity index (χ1n) is 4.41. The van der Waals surface area contributed by atoms with Crippen LogP contribution in [-0.4, -0.2) is 18.1 Å². The maximum atomic E-state index is 10.9. The quantitative estimate of drug-likeness (QED) is 0.603. The zero-order chi connectivity index (χ0) is 8.97. The summed E-state index contributed by atoms with van der Waals surface area (Å²) in [5.74, 6) is -0.248. The van der Waals surface area contributed by atoms with Crippen LogP contribution in [0.25, 0.3) is 0 Å². The predicted octanol–water partition coefficient (Wildman–Crippen LogP) is 0.324. The van der Waals surface area contributed by atoms with Gasteiger partial charge in [-0.25, -0.2) is 5.48 Å². The van der Waals surface area contributed by atoms with Crippen LogP contribution in [0.15, 0.2) is 0 Å². The van der Waals surface area contributed by atoms with Gasteiger partial charge >= 0.3 is 0 Å². The van der Waals surface area contributed by atoms with Gasteiger partial charge in [0.1, 0.15) is 0 Å². The van der Waals surface area contributed by atoms with Crippen LogP contribution in [0.2, 0.25) is 0 Å². The fourth-order valence-electron chi connectivity index (χ4n) is 1.24. The van der Waals surface area contributed by atoms with Gasteiger partial charge in [0.15, 0.2) is 0 Å². The Morgan fingerprint density at radius 2 is 2.17 bits per heavy atom. The van der Waals surface area contributed by atoms with E-state index in [0.29, 0.717) is 0 Å². The third-order valence-corrected chi connectivity index (χ3v) is 2.04. The molecule has 1 atom stereocenters. The Morgan fingerprint density at radius 1 is 1.58 bits per heavy atom. The highest BCUT2D eigenvalue weighted by Gasteiger charge is 2.17. The molecule has 12 heavy (non-hydrogen) atoms. The second kappa shape index (κ2) is 4.42. The highest BCUT2D eigenvalue weighted by molar-refractivity contribution is 5.79. The summed E-state index contributed by atoms with van der Waals surface area (Å²) in [5, 5.41) is 0. The van der Waals surface area contributed by atoms with E-state index in [2.05, 4.69) is 5.48 Å². The van der Waals surface area contributed by atoms with Crippen molar-refractivity contribution in [1.29, 1.82) is 0 Å². The summed E-state index contributed by atoms with van der Waals surface area (Å²) in [6.07, 6.45) is 4.67. The molecule has 0 heterocycles. The van der Waals surface area contributed by atoms with Crippen LogP contribution >= 0.6 is 0 Å². The predicted molar refractivity (Wildman–Crippen MR) is 45.1 cm³/mol. The lowest BCUT2D eigenvalue weighted by molar-refractivity contribution is -0.139. The molecule has 0 aromatic carbocycles. The number of rotatable bonds is 3. The highest BCUT2D eigenvalue weighted by Crippen LogP contribution is 2.19. The van der Waals surface area contributed by atoms with Crippen LogP contribution < -0.4 is 11.2 Å². The molecule has 1 fully saturated rings. The molecule has 0 aliphatic heterocycles. The minimum absolute atomic E-state index is 0.202. The van der Waals surface area contributed by atoms with Crippen molar-refractivity contribution in [2.45, 2.75) is 44.8 Å². The molecule has 0 spiro atoms. The Morgan fingerprint density at radius 3 is 2.67 bits per heavy atom. The SMILES string of the molecule is CC(N)C(=O)NOC1CCCC1. The molecule has 3 N–H and O–H groups in total. The summed E-state index contributed by atoms with van der Waals surface area (Å²) < 4.78 is 0. The van der Waals surface area contributed by atoms with E-state index >= 15 is 0 Å². The number of hydrogen-bond donors (Lipinski definition) is 2. The van der Waals surface area contributed by atoms with Crippen molar-refractivity contribution in [3.8, 4) is 0 Å². The van der Waals surface area contributed by atoms with Crippen molar-refractivity contribution < 1.29 is 9.63 Å². The van der Waals surface area contributed by atoms with Crippen LogP contribution in [0.4, 0.5) is 0 Å². The van der Waals surface area contributed by atoms with Gasteiger partial charge in [0.05, 0.1) is 12.1 Å². The highest BCUT2D eigenvalue weighted by atomic mass is 16.7. The molecule has 0 saturated heterocycles. The van der Waals surface area contributed by atoms with E-state index in [1.807, 2.05) is 0 Å². The maximum absolute atomic E-state index is 10.9. The first kappa shape index (κ1) is 9.48. The minimum Gasteiger partial charge on any atom is -0.320 e. The van der Waals surface area contributed by atoms with Crippen LogP contribution in [0, 0.1) is 0 Å².